The first-order chi connectivity index (χ1) is 9.79. The summed E-state index contributed by atoms with van der Waals surface area (Å²) in [5.41, 5.74) is 0.710. The lowest BCUT2D eigenvalue weighted by Crippen LogP contribution is -2.29. The van der Waals surface area contributed by atoms with Gasteiger partial charge in [-0.15, -0.1) is 0 Å². The van der Waals surface area contributed by atoms with Crippen LogP contribution < -0.4 is 20.1 Å². The van der Waals surface area contributed by atoms with E-state index in [1.54, 1.807) is 6.07 Å². The Labute approximate surface area is 119 Å². The number of benzene rings is 1. The van der Waals surface area contributed by atoms with E-state index < -0.39 is 0 Å². The topological polar surface area (TPSA) is 59.6 Å². The van der Waals surface area contributed by atoms with Crippen molar-refractivity contribution >= 4 is 11.7 Å². The van der Waals surface area contributed by atoms with Gasteiger partial charge in [-0.05, 0) is 18.6 Å². The van der Waals surface area contributed by atoms with Crippen LogP contribution in [0.3, 0.4) is 0 Å². The van der Waals surface area contributed by atoms with Gasteiger partial charge in [-0.3, -0.25) is 0 Å². The molecule has 0 saturated carbocycles. The zero-order chi connectivity index (χ0) is 14.2. The summed E-state index contributed by atoms with van der Waals surface area (Å²) in [6.07, 6.45) is 4.15. The van der Waals surface area contributed by atoms with Gasteiger partial charge >= 0.3 is 6.03 Å². The third kappa shape index (κ3) is 4.33. The summed E-state index contributed by atoms with van der Waals surface area (Å²) >= 11 is 0. The molecule has 0 spiro atoms. The maximum atomic E-state index is 11.7. The highest BCUT2D eigenvalue weighted by atomic mass is 16.5. The van der Waals surface area contributed by atoms with Gasteiger partial charge in [0, 0.05) is 24.7 Å². The molecule has 2 rings (SSSR count). The second kappa shape index (κ2) is 7.62. The highest BCUT2D eigenvalue weighted by molar-refractivity contribution is 5.89. The monoisotopic (exact) mass is 278 g/mol. The lowest BCUT2D eigenvalue weighted by molar-refractivity contribution is 0.252. The van der Waals surface area contributed by atoms with E-state index in [9.17, 15) is 4.79 Å². The van der Waals surface area contributed by atoms with Crippen LogP contribution >= 0.6 is 0 Å². The van der Waals surface area contributed by atoms with Gasteiger partial charge in [0.15, 0.2) is 11.5 Å². The first-order valence-corrected chi connectivity index (χ1v) is 7.24. The minimum Gasteiger partial charge on any atom is -0.490 e. The van der Waals surface area contributed by atoms with Crippen LogP contribution in [-0.4, -0.2) is 25.8 Å². The van der Waals surface area contributed by atoms with Crippen LogP contribution in [-0.2, 0) is 0 Å². The Morgan fingerprint density at radius 1 is 1.20 bits per heavy atom. The van der Waals surface area contributed by atoms with Crippen LogP contribution in [0.15, 0.2) is 18.2 Å². The van der Waals surface area contributed by atoms with Gasteiger partial charge in [0.2, 0.25) is 0 Å². The molecule has 5 nitrogen and oxygen atoms in total. The van der Waals surface area contributed by atoms with E-state index in [2.05, 4.69) is 17.6 Å². The van der Waals surface area contributed by atoms with Crippen molar-refractivity contribution in [2.75, 3.05) is 25.1 Å². The van der Waals surface area contributed by atoms with Crippen LogP contribution in [0.2, 0.25) is 0 Å². The van der Waals surface area contributed by atoms with Crippen molar-refractivity contribution in [3.63, 3.8) is 0 Å². The standard InChI is InChI=1S/C15H22N2O3/c1-2-3-4-8-16-15(18)17-12-6-7-13-14(11-12)20-10-5-9-19-13/h6-7,11H,2-5,8-10H2,1H3,(H2,16,17,18). The molecular weight excluding hydrogens is 256 g/mol. The molecule has 0 atom stereocenters. The second-order valence-corrected chi connectivity index (χ2v) is 4.80. The molecule has 5 heteroatoms. The lowest BCUT2D eigenvalue weighted by Gasteiger charge is -2.11. The molecule has 2 amide bonds. The van der Waals surface area contributed by atoms with Crippen molar-refractivity contribution in [2.24, 2.45) is 0 Å². The Balaban J connectivity index is 1.86. The average molecular weight is 278 g/mol. The van der Waals surface area contributed by atoms with Crippen molar-refractivity contribution in [3.05, 3.63) is 18.2 Å². The van der Waals surface area contributed by atoms with Gasteiger partial charge in [0.1, 0.15) is 0 Å². The van der Waals surface area contributed by atoms with Crippen LogP contribution in [0.5, 0.6) is 11.5 Å². The first-order valence-electron chi connectivity index (χ1n) is 7.24. The summed E-state index contributed by atoms with van der Waals surface area (Å²) in [5.74, 6) is 1.42. The van der Waals surface area contributed by atoms with E-state index in [-0.39, 0.29) is 6.03 Å². The Hall–Kier alpha value is -1.91. The molecule has 0 aromatic heterocycles. The van der Waals surface area contributed by atoms with E-state index in [4.69, 9.17) is 9.47 Å². The smallest absolute Gasteiger partial charge is 0.319 e. The second-order valence-electron chi connectivity index (χ2n) is 4.80. The fourth-order valence-electron chi connectivity index (χ4n) is 1.99. The largest absolute Gasteiger partial charge is 0.490 e. The summed E-state index contributed by atoms with van der Waals surface area (Å²) in [6.45, 7) is 4.14. The van der Waals surface area contributed by atoms with Crippen molar-refractivity contribution in [1.29, 1.82) is 0 Å². The van der Waals surface area contributed by atoms with Crippen molar-refractivity contribution in [2.45, 2.75) is 32.6 Å². The lowest BCUT2D eigenvalue weighted by atomic mass is 10.2. The number of rotatable bonds is 5. The normalized spacial score (nSPS) is 13.4. The van der Waals surface area contributed by atoms with E-state index in [0.717, 1.165) is 31.4 Å². The van der Waals surface area contributed by atoms with E-state index in [1.165, 1.54) is 0 Å². The highest BCUT2D eigenvalue weighted by Crippen LogP contribution is 2.32. The molecule has 0 saturated heterocycles. The van der Waals surface area contributed by atoms with Crippen LogP contribution in [0, 0.1) is 0 Å². The van der Waals surface area contributed by atoms with Gasteiger partial charge in [0.05, 0.1) is 13.2 Å². The van der Waals surface area contributed by atoms with Gasteiger partial charge in [-0.2, -0.15) is 0 Å². The molecule has 1 aliphatic rings. The number of carbonyl (C=O) groups is 1. The molecule has 0 fully saturated rings. The molecule has 1 heterocycles. The number of carbonyl (C=O) groups excluding carboxylic acids is 1. The minimum absolute atomic E-state index is 0.185. The number of nitrogens with one attached hydrogen (secondary N) is 2. The molecule has 0 unspecified atom stereocenters. The SMILES string of the molecule is CCCCCNC(=O)Nc1ccc2c(c1)OCCCO2. The summed E-state index contributed by atoms with van der Waals surface area (Å²) in [6, 6.07) is 5.26. The molecule has 0 bridgehead atoms. The number of hydrogen-bond acceptors (Lipinski definition) is 3. The molecule has 1 aromatic rings. The number of amides is 2. The van der Waals surface area contributed by atoms with Crippen molar-refractivity contribution < 1.29 is 14.3 Å². The number of urea groups is 1. The average Bonchev–Trinajstić information content (AvgIpc) is 2.68. The Morgan fingerprint density at radius 2 is 2.00 bits per heavy atom. The predicted molar refractivity (Wildman–Crippen MR) is 78.6 cm³/mol. The number of fused-ring (bicyclic) bond motifs is 1. The fourth-order valence-corrected chi connectivity index (χ4v) is 1.99. The zero-order valence-electron chi connectivity index (χ0n) is 11.9. The number of unbranched alkanes of at least 4 members (excludes halogenated alkanes) is 2. The molecule has 110 valence electrons. The van der Waals surface area contributed by atoms with E-state index in [0.29, 0.717) is 31.2 Å². The van der Waals surface area contributed by atoms with E-state index in [1.807, 2.05) is 12.1 Å². The molecule has 0 aliphatic carbocycles. The maximum absolute atomic E-state index is 11.7. The van der Waals surface area contributed by atoms with Gasteiger partial charge in [-0.1, -0.05) is 19.8 Å². The zero-order valence-corrected chi connectivity index (χ0v) is 11.9. The third-order valence-corrected chi connectivity index (χ3v) is 3.07. The highest BCUT2D eigenvalue weighted by Gasteiger charge is 2.11. The maximum Gasteiger partial charge on any atom is 0.319 e. The molecule has 1 aromatic carbocycles. The number of ether oxygens (including phenoxy) is 2. The van der Waals surface area contributed by atoms with Gasteiger partial charge < -0.3 is 20.1 Å². The number of hydrogen-bond donors (Lipinski definition) is 2. The van der Waals surface area contributed by atoms with Crippen LogP contribution in [0.4, 0.5) is 10.5 Å². The summed E-state index contributed by atoms with van der Waals surface area (Å²) in [4.78, 5) is 11.7. The first kappa shape index (κ1) is 14.5. The van der Waals surface area contributed by atoms with E-state index >= 15 is 0 Å². The van der Waals surface area contributed by atoms with Gasteiger partial charge in [0.25, 0.3) is 0 Å². The van der Waals surface area contributed by atoms with Crippen LogP contribution in [0.1, 0.15) is 32.6 Å². The number of anilines is 1. The summed E-state index contributed by atoms with van der Waals surface area (Å²) < 4.78 is 11.1. The molecule has 1 aliphatic heterocycles. The van der Waals surface area contributed by atoms with Crippen molar-refractivity contribution in [3.8, 4) is 11.5 Å². The quantitative estimate of drug-likeness (QED) is 0.813. The molecule has 20 heavy (non-hydrogen) atoms. The fraction of sp³-hybridized carbons (Fsp3) is 0.533. The molecular formula is C15H22N2O3. The Bertz CT molecular complexity index is 449. The third-order valence-electron chi connectivity index (χ3n) is 3.07. The summed E-state index contributed by atoms with van der Waals surface area (Å²) in [7, 11) is 0. The molecule has 0 radical (unpaired) electrons. The van der Waals surface area contributed by atoms with Gasteiger partial charge in [-0.25, -0.2) is 4.79 Å². The minimum atomic E-state index is -0.185. The molecule has 2 N–H and O–H groups in total. The summed E-state index contributed by atoms with van der Waals surface area (Å²) in [5, 5.41) is 5.64. The predicted octanol–water partition coefficient (Wildman–Crippen LogP) is 3.16. The Morgan fingerprint density at radius 3 is 2.80 bits per heavy atom. The van der Waals surface area contributed by atoms with Crippen LogP contribution in [0.25, 0.3) is 0 Å². The Kier molecular flexibility index (Phi) is 5.53. The van der Waals surface area contributed by atoms with Crippen molar-refractivity contribution in [1.82, 2.24) is 5.32 Å².